The molecule has 4 rings (SSSR count). The van der Waals surface area contributed by atoms with Crippen molar-refractivity contribution in [1.82, 2.24) is 14.9 Å². The molecule has 1 aromatic heterocycles. The van der Waals surface area contributed by atoms with Gasteiger partial charge in [0.2, 0.25) is 5.91 Å². The quantitative estimate of drug-likeness (QED) is 0.355. The number of carbonyl (C=O) groups is 1. The Kier molecular flexibility index (Phi) is 7.53. The fourth-order valence-corrected chi connectivity index (χ4v) is 4.35. The number of methoxy groups -OCH3 is 1. The minimum absolute atomic E-state index is 0.108. The molecule has 1 amide bonds. The maximum atomic E-state index is 11.7. The molecule has 0 bridgehead atoms. The van der Waals surface area contributed by atoms with Gasteiger partial charge in [0.25, 0.3) is 0 Å². The van der Waals surface area contributed by atoms with E-state index < -0.39 is 0 Å². The standard InChI is InChI=1S/C26H32N8O2/c1-17(35)33-7-9-34(10-8-33)24-14-25(36-4)23(12-22(24)29-3)32-26-13-21(30-16-31-26)18-5-6-20(28-2)19(11-18)15-27/h5-6,11-16,27-29H,7-10H2,1-4H3,(H,30,31,32). The van der Waals surface area contributed by atoms with Crippen molar-refractivity contribution in [3.8, 4) is 17.0 Å². The Hall–Kier alpha value is -4.34. The van der Waals surface area contributed by atoms with Crippen LogP contribution in [0.5, 0.6) is 5.75 Å². The Labute approximate surface area is 211 Å². The van der Waals surface area contributed by atoms with Crippen LogP contribution in [0.2, 0.25) is 0 Å². The lowest BCUT2D eigenvalue weighted by molar-refractivity contribution is -0.129. The first-order valence-electron chi connectivity index (χ1n) is 11.8. The second-order valence-corrected chi connectivity index (χ2v) is 8.42. The number of nitrogens with zero attached hydrogens (tertiary/aromatic N) is 4. The van der Waals surface area contributed by atoms with Crippen LogP contribution in [0.15, 0.2) is 42.7 Å². The number of hydrogen-bond acceptors (Lipinski definition) is 9. The zero-order valence-corrected chi connectivity index (χ0v) is 21.1. The smallest absolute Gasteiger partial charge is 0.219 e. The molecule has 10 nitrogen and oxygen atoms in total. The molecule has 0 aliphatic carbocycles. The third-order valence-corrected chi connectivity index (χ3v) is 6.35. The third-order valence-electron chi connectivity index (χ3n) is 6.35. The van der Waals surface area contributed by atoms with Gasteiger partial charge in [0.05, 0.1) is 29.9 Å². The summed E-state index contributed by atoms with van der Waals surface area (Å²) in [7, 11) is 5.36. The lowest BCUT2D eigenvalue weighted by Gasteiger charge is -2.36. The maximum absolute atomic E-state index is 11.7. The van der Waals surface area contributed by atoms with Crippen LogP contribution in [0, 0.1) is 5.41 Å². The lowest BCUT2D eigenvalue weighted by Crippen LogP contribution is -2.48. The van der Waals surface area contributed by atoms with E-state index in [0.717, 1.165) is 52.7 Å². The summed E-state index contributed by atoms with van der Waals surface area (Å²) in [6, 6.07) is 11.7. The SMILES string of the molecule is CNc1ccc(-c2cc(Nc3cc(NC)c(N4CCN(C(C)=O)CC4)cc3OC)ncn2)cc1C=N. The molecule has 0 unspecified atom stereocenters. The molecular formula is C26H32N8O2. The Morgan fingerprint density at radius 2 is 1.75 bits per heavy atom. The zero-order chi connectivity index (χ0) is 25.7. The lowest BCUT2D eigenvalue weighted by atomic mass is 10.1. The van der Waals surface area contributed by atoms with Gasteiger partial charge in [-0.3, -0.25) is 4.79 Å². The highest BCUT2D eigenvalue weighted by atomic mass is 16.5. The van der Waals surface area contributed by atoms with Gasteiger partial charge in [0.15, 0.2) is 0 Å². The van der Waals surface area contributed by atoms with Crippen LogP contribution in [0.3, 0.4) is 0 Å². The van der Waals surface area contributed by atoms with Crippen molar-refractivity contribution in [1.29, 1.82) is 5.41 Å². The van der Waals surface area contributed by atoms with Crippen molar-refractivity contribution in [2.75, 3.05) is 68.2 Å². The number of anilines is 5. The van der Waals surface area contributed by atoms with E-state index >= 15 is 0 Å². The Morgan fingerprint density at radius 3 is 2.39 bits per heavy atom. The molecule has 1 aliphatic heterocycles. The van der Waals surface area contributed by atoms with Gasteiger partial charge >= 0.3 is 0 Å². The summed E-state index contributed by atoms with van der Waals surface area (Å²) in [5, 5.41) is 17.4. The van der Waals surface area contributed by atoms with Crippen molar-refractivity contribution >= 4 is 40.7 Å². The molecule has 0 spiro atoms. The molecule has 0 atom stereocenters. The van der Waals surface area contributed by atoms with Gasteiger partial charge in [0, 0.05) is 82.4 Å². The van der Waals surface area contributed by atoms with E-state index in [-0.39, 0.29) is 5.91 Å². The Bertz CT molecular complexity index is 1250. The first-order chi connectivity index (χ1) is 17.5. The van der Waals surface area contributed by atoms with Crippen molar-refractivity contribution in [3.05, 3.63) is 48.3 Å². The van der Waals surface area contributed by atoms with Crippen LogP contribution in [-0.4, -0.2) is 74.4 Å². The Balaban J connectivity index is 1.60. The van der Waals surface area contributed by atoms with Crippen LogP contribution < -0.4 is 25.6 Å². The molecule has 1 aliphatic rings. The molecule has 0 radical (unpaired) electrons. The van der Waals surface area contributed by atoms with Crippen LogP contribution in [0.4, 0.5) is 28.6 Å². The molecule has 3 aromatic rings. The van der Waals surface area contributed by atoms with Crippen molar-refractivity contribution < 1.29 is 9.53 Å². The first-order valence-corrected chi connectivity index (χ1v) is 11.8. The van der Waals surface area contributed by atoms with Gasteiger partial charge in [-0.05, 0) is 18.2 Å². The third kappa shape index (κ3) is 5.17. The van der Waals surface area contributed by atoms with E-state index in [0.29, 0.717) is 24.7 Å². The predicted molar refractivity (Wildman–Crippen MR) is 145 cm³/mol. The van der Waals surface area contributed by atoms with Gasteiger partial charge < -0.3 is 35.9 Å². The minimum Gasteiger partial charge on any atom is -0.494 e. The summed E-state index contributed by atoms with van der Waals surface area (Å²) in [4.78, 5) is 24.7. The van der Waals surface area contributed by atoms with Crippen molar-refractivity contribution in [2.45, 2.75) is 6.92 Å². The number of hydrogen-bond donors (Lipinski definition) is 4. The van der Waals surface area contributed by atoms with Crippen molar-refractivity contribution in [2.24, 2.45) is 0 Å². The van der Waals surface area contributed by atoms with E-state index in [9.17, 15) is 4.79 Å². The zero-order valence-electron chi connectivity index (χ0n) is 21.1. The average molecular weight is 489 g/mol. The molecule has 1 fully saturated rings. The number of piperazine rings is 1. The van der Waals surface area contributed by atoms with Gasteiger partial charge in [-0.25, -0.2) is 9.97 Å². The van der Waals surface area contributed by atoms with Crippen molar-refractivity contribution in [3.63, 3.8) is 0 Å². The van der Waals surface area contributed by atoms with E-state index in [1.54, 1.807) is 14.0 Å². The maximum Gasteiger partial charge on any atom is 0.219 e. The van der Waals surface area contributed by atoms with Crippen LogP contribution in [0.25, 0.3) is 11.3 Å². The van der Waals surface area contributed by atoms with Gasteiger partial charge in [-0.15, -0.1) is 0 Å². The van der Waals surface area contributed by atoms with Crippen LogP contribution in [-0.2, 0) is 4.79 Å². The molecule has 2 aromatic carbocycles. The molecule has 1 saturated heterocycles. The average Bonchev–Trinajstić information content (AvgIpc) is 2.92. The van der Waals surface area contributed by atoms with E-state index in [1.165, 1.54) is 12.5 Å². The van der Waals surface area contributed by atoms with Gasteiger partial charge in [-0.1, -0.05) is 6.07 Å². The molecule has 188 valence electrons. The Morgan fingerprint density at radius 1 is 1.00 bits per heavy atom. The summed E-state index contributed by atoms with van der Waals surface area (Å²) < 4.78 is 5.72. The fraction of sp³-hybridized carbons (Fsp3) is 0.308. The number of benzene rings is 2. The highest BCUT2D eigenvalue weighted by Crippen LogP contribution is 2.38. The largest absolute Gasteiger partial charge is 0.494 e. The van der Waals surface area contributed by atoms with E-state index in [1.807, 2.05) is 55.4 Å². The molecule has 2 heterocycles. The number of nitrogens with one attached hydrogen (secondary N) is 4. The highest BCUT2D eigenvalue weighted by Gasteiger charge is 2.22. The topological polar surface area (TPSA) is 118 Å². The molecule has 10 heteroatoms. The van der Waals surface area contributed by atoms with Gasteiger partial charge in [0.1, 0.15) is 17.9 Å². The number of rotatable bonds is 8. The highest BCUT2D eigenvalue weighted by molar-refractivity contribution is 5.88. The normalized spacial score (nSPS) is 13.2. The summed E-state index contributed by atoms with van der Waals surface area (Å²) in [5.74, 6) is 1.41. The minimum atomic E-state index is 0.108. The molecule has 0 saturated carbocycles. The predicted octanol–water partition coefficient (Wildman–Crippen LogP) is 3.65. The summed E-state index contributed by atoms with van der Waals surface area (Å²) in [6.07, 6.45) is 2.84. The first kappa shape index (κ1) is 24.8. The summed E-state index contributed by atoms with van der Waals surface area (Å²) in [5.41, 5.74) is 6.03. The number of carbonyl (C=O) groups excluding carboxylic acids is 1. The molecular weight excluding hydrogens is 456 g/mol. The fourth-order valence-electron chi connectivity index (χ4n) is 4.35. The number of ether oxygens (including phenoxy) is 1. The second-order valence-electron chi connectivity index (χ2n) is 8.42. The van der Waals surface area contributed by atoms with E-state index in [4.69, 9.17) is 10.1 Å². The second kappa shape index (κ2) is 10.9. The van der Waals surface area contributed by atoms with Gasteiger partial charge in [-0.2, -0.15) is 0 Å². The molecule has 4 N–H and O–H groups in total. The molecule has 36 heavy (non-hydrogen) atoms. The van der Waals surface area contributed by atoms with E-state index in [2.05, 4.69) is 30.8 Å². The van der Waals surface area contributed by atoms with Crippen LogP contribution >= 0.6 is 0 Å². The summed E-state index contributed by atoms with van der Waals surface area (Å²) >= 11 is 0. The summed E-state index contributed by atoms with van der Waals surface area (Å²) in [6.45, 7) is 4.51. The monoisotopic (exact) mass is 488 g/mol. The number of aromatic nitrogens is 2. The number of amides is 1. The van der Waals surface area contributed by atoms with Crippen LogP contribution in [0.1, 0.15) is 12.5 Å².